The minimum atomic E-state index is -0.997. The fraction of sp³-hybridized carbons (Fsp3) is 0.148. The molecule has 0 saturated carbocycles. The van der Waals surface area contributed by atoms with Crippen molar-refractivity contribution in [3.05, 3.63) is 94.4 Å². The van der Waals surface area contributed by atoms with Crippen molar-refractivity contribution in [2.75, 3.05) is 5.32 Å². The number of ether oxygens (including phenoxy) is 1. The van der Waals surface area contributed by atoms with Gasteiger partial charge in [0, 0.05) is 21.7 Å². The maximum Gasteiger partial charge on any atom is 0.412 e. The summed E-state index contributed by atoms with van der Waals surface area (Å²) in [5.74, 6) is -1.16. The molecule has 36 heavy (non-hydrogen) atoms. The number of carboxylic acids is 1. The fourth-order valence-electron chi connectivity index (χ4n) is 3.75. The third-order valence-corrected chi connectivity index (χ3v) is 5.91. The van der Waals surface area contributed by atoms with E-state index in [1.807, 2.05) is 0 Å². The van der Waals surface area contributed by atoms with Gasteiger partial charge < -0.3 is 14.4 Å². The summed E-state index contributed by atoms with van der Waals surface area (Å²) in [6.07, 6.45) is -1.50. The summed E-state index contributed by atoms with van der Waals surface area (Å²) in [7, 11) is 0. The number of aliphatic carboxylic acids is 1. The van der Waals surface area contributed by atoms with Crippen LogP contribution in [0, 0.1) is 12.7 Å². The molecule has 3 aromatic carbocycles. The third-order valence-electron chi connectivity index (χ3n) is 5.56. The van der Waals surface area contributed by atoms with Gasteiger partial charge in [0.05, 0.1) is 6.42 Å². The van der Waals surface area contributed by atoms with Gasteiger partial charge in [-0.15, -0.1) is 0 Å². The number of nitrogens with one attached hydrogen (secondary N) is 1. The van der Waals surface area contributed by atoms with E-state index in [2.05, 4.69) is 10.5 Å². The van der Waals surface area contributed by atoms with Gasteiger partial charge in [-0.2, -0.15) is 0 Å². The standard InChI is InChI=1S/C27H22ClFN2O5/c1-15-25(30-27(34)35-16(2)20-5-3-4-6-22(20)28)26(36-31-15)19-10-8-18(9-11-19)21-13-17(14-24(32)33)7-12-23(21)29/h3-13,16H,14H2,1-2H3,(H,30,34)(H,32,33). The van der Waals surface area contributed by atoms with Crippen LogP contribution >= 0.6 is 11.6 Å². The highest BCUT2D eigenvalue weighted by atomic mass is 35.5. The van der Waals surface area contributed by atoms with Crippen molar-refractivity contribution in [3.8, 4) is 22.5 Å². The molecule has 7 nitrogen and oxygen atoms in total. The second-order valence-corrected chi connectivity index (χ2v) is 8.54. The maximum atomic E-state index is 14.4. The van der Waals surface area contributed by atoms with Gasteiger partial charge in [-0.05, 0) is 43.2 Å². The molecule has 9 heteroatoms. The number of halogens is 2. The number of carboxylic acid groups (broad SMARTS) is 1. The number of aromatic nitrogens is 1. The number of anilines is 1. The van der Waals surface area contributed by atoms with Gasteiger partial charge >= 0.3 is 12.1 Å². The van der Waals surface area contributed by atoms with Crippen LogP contribution in [-0.4, -0.2) is 22.3 Å². The lowest BCUT2D eigenvalue weighted by atomic mass is 9.99. The minimum Gasteiger partial charge on any atom is -0.481 e. The number of nitrogens with zero attached hydrogens (tertiary/aromatic N) is 1. The lowest BCUT2D eigenvalue weighted by Gasteiger charge is -2.15. The molecule has 0 aliphatic carbocycles. The summed E-state index contributed by atoms with van der Waals surface area (Å²) in [6.45, 7) is 3.39. The van der Waals surface area contributed by atoms with Crippen molar-refractivity contribution in [3.63, 3.8) is 0 Å². The van der Waals surface area contributed by atoms with E-state index < -0.39 is 24.0 Å². The van der Waals surface area contributed by atoms with Crippen LogP contribution in [0.15, 0.2) is 71.3 Å². The van der Waals surface area contributed by atoms with E-state index >= 15 is 0 Å². The summed E-state index contributed by atoms with van der Waals surface area (Å²) >= 11 is 6.19. The Balaban J connectivity index is 1.53. The van der Waals surface area contributed by atoms with Crippen LogP contribution in [0.3, 0.4) is 0 Å². The molecular weight excluding hydrogens is 487 g/mol. The molecule has 0 radical (unpaired) electrons. The summed E-state index contributed by atoms with van der Waals surface area (Å²) in [6, 6.07) is 18.0. The maximum absolute atomic E-state index is 14.4. The van der Waals surface area contributed by atoms with Crippen LogP contribution in [0.2, 0.25) is 5.02 Å². The van der Waals surface area contributed by atoms with E-state index in [1.165, 1.54) is 18.2 Å². The van der Waals surface area contributed by atoms with Gasteiger partial charge in [-0.3, -0.25) is 10.1 Å². The number of carbonyl (C=O) groups is 2. The normalized spacial score (nSPS) is 11.7. The Hall–Kier alpha value is -4.17. The van der Waals surface area contributed by atoms with Gasteiger partial charge in [0.15, 0.2) is 5.76 Å². The van der Waals surface area contributed by atoms with Crippen LogP contribution in [0.4, 0.5) is 14.9 Å². The highest BCUT2D eigenvalue weighted by Gasteiger charge is 2.21. The van der Waals surface area contributed by atoms with Gasteiger partial charge in [-0.25, -0.2) is 9.18 Å². The number of benzene rings is 3. The molecule has 4 rings (SSSR count). The number of carbonyl (C=O) groups excluding carboxylic acids is 1. The number of hydrogen-bond acceptors (Lipinski definition) is 5. The van der Waals surface area contributed by atoms with Gasteiger partial charge in [0.2, 0.25) is 0 Å². The average molecular weight is 509 g/mol. The van der Waals surface area contributed by atoms with Crippen molar-refractivity contribution in [1.82, 2.24) is 5.16 Å². The Kier molecular flexibility index (Phi) is 7.36. The summed E-state index contributed by atoms with van der Waals surface area (Å²) in [4.78, 5) is 23.6. The quantitative estimate of drug-likeness (QED) is 0.277. The molecule has 1 heterocycles. The first-order chi connectivity index (χ1) is 17.2. The fourth-order valence-corrected chi connectivity index (χ4v) is 4.04. The highest BCUT2D eigenvalue weighted by Crippen LogP contribution is 2.34. The largest absolute Gasteiger partial charge is 0.481 e. The first-order valence-electron chi connectivity index (χ1n) is 11.0. The van der Waals surface area contributed by atoms with Crippen molar-refractivity contribution >= 4 is 29.4 Å². The molecule has 1 amide bonds. The zero-order valence-electron chi connectivity index (χ0n) is 19.4. The monoisotopic (exact) mass is 508 g/mol. The zero-order chi connectivity index (χ0) is 25.8. The topological polar surface area (TPSA) is 102 Å². The SMILES string of the molecule is Cc1noc(-c2ccc(-c3cc(CC(=O)O)ccc3F)cc2)c1NC(=O)OC(C)c1ccccc1Cl. The lowest BCUT2D eigenvalue weighted by molar-refractivity contribution is -0.136. The first kappa shape index (κ1) is 24.9. The molecule has 1 unspecified atom stereocenters. The number of hydrogen-bond donors (Lipinski definition) is 2. The van der Waals surface area contributed by atoms with Crippen LogP contribution in [0.25, 0.3) is 22.5 Å². The van der Waals surface area contributed by atoms with Gasteiger partial charge in [0.1, 0.15) is 23.3 Å². The van der Waals surface area contributed by atoms with E-state index in [9.17, 15) is 14.0 Å². The van der Waals surface area contributed by atoms with Crippen LogP contribution in [0.1, 0.15) is 29.8 Å². The van der Waals surface area contributed by atoms with E-state index in [4.69, 9.17) is 26.0 Å². The molecule has 2 N–H and O–H groups in total. The Morgan fingerprint density at radius 3 is 2.50 bits per heavy atom. The molecule has 1 atom stereocenters. The third kappa shape index (κ3) is 5.55. The molecule has 0 aliphatic heterocycles. The predicted molar refractivity (Wildman–Crippen MR) is 133 cm³/mol. The minimum absolute atomic E-state index is 0.205. The molecule has 0 saturated heterocycles. The Labute approximate surface area is 211 Å². The Morgan fingerprint density at radius 2 is 1.81 bits per heavy atom. The molecule has 0 spiro atoms. The average Bonchev–Trinajstić information content (AvgIpc) is 3.20. The summed E-state index contributed by atoms with van der Waals surface area (Å²) in [5, 5.41) is 16.1. The lowest BCUT2D eigenvalue weighted by Crippen LogP contribution is -2.17. The smallest absolute Gasteiger partial charge is 0.412 e. The van der Waals surface area contributed by atoms with E-state index in [0.29, 0.717) is 44.4 Å². The van der Waals surface area contributed by atoms with Crippen LogP contribution in [0.5, 0.6) is 0 Å². The Morgan fingerprint density at radius 1 is 1.11 bits per heavy atom. The first-order valence-corrected chi connectivity index (χ1v) is 11.4. The molecular formula is C27H22ClFN2O5. The molecule has 0 aliphatic rings. The Bertz CT molecular complexity index is 1420. The number of rotatable bonds is 7. The molecule has 184 valence electrons. The predicted octanol–water partition coefficient (Wildman–Crippen LogP) is 7.05. The molecule has 1 aromatic heterocycles. The summed E-state index contributed by atoms with van der Waals surface area (Å²) < 4.78 is 25.4. The van der Waals surface area contributed by atoms with Crippen molar-refractivity contribution in [2.45, 2.75) is 26.4 Å². The van der Waals surface area contributed by atoms with Crippen LogP contribution < -0.4 is 5.32 Å². The van der Waals surface area contributed by atoms with Crippen molar-refractivity contribution in [1.29, 1.82) is 0 Å². The van der Waals surface area contributed by atoms with E-state index in [0.717, 1.165) is 0 Å². The number of amides is 1. The van der Waals surface area contributed by atoms with E-state index in [-0.39, 0.29) is 12.0 Å². The van der Waals surface area contributed by atoms with E-state index in [1.54, 1.807) is 62.4 Å². The summed E-state index contributed by atoms with van der Waals surface area (Å²) in [5.41, 5.74) is 3.39. The zero-order valence-corrected chi connectivity index (χ0v) is 20.2. The molecule has 0 fully saturated rings. The molecule has 0 bridgehead atoms. The second kappa shape index (κ2) is 10.6. The molecule has 4 aromatic rings. The van der Waals surface area contributed by atoms with Gasteiger partial charge in [-0.1, -0.05) is 65.3 Å². The van der Waals surface area contributed by atoms with Gasteiger partial charge in [0.25, 0.3) is 0 Å². The second-order valence-electron chi connectivity index (χ2n) is 8.13. The van der Waals surface area contributed by atoms with Crippen molar-refractivity contribution in [2.24, 2.45) is 0 Å². The number of aryl methyl sites for hydroxylation is 1. The van der Waals surface area contributed by atoms with Crippen molar-refractivity contribution < 1.29 is 28.3 Å². The van der Waals surface area contributed by atoms with Crippen LogP contribution in [-0.2, 0) is 16.0 Å². The highest BCUT2D eigenvalue weighted by molar-refractivity contribution is 6.31.